The lowest BCUT2D eigenvalue weighted by Gasteiger charge is -2.09. The molecule has 0 saturated heterocycles. The van der Waals surface area contributed by atoms with Gasteiger partial charge in [0.15, 0.2) is 11.3 Å². The van der Waals surface area contributed by atoms with Crippen LogP contribution in [0.4, 0.5) is 0 Å². The maximum Gasteiger partial charge on any atom is 0.287 e. The van der Waals surface area contributed by atoms with Crippen LogP contribution in [0.15, 0.2) is 44.4 Å². The fourth-order valence-corrected chi connectivity index (χ4v) is 2.96. The number of fused-ring (bicyclic) bond motifs is 1. The van der Waals surface area contributed by atoms with Gasteiger partial charge in [0, 0.05) is 6.04 Å². The second-order valence-electron chi connectivity index (χ2n) is 5.74. The average Bonchev–Trinajstić information content (AvgIpc) is 3.20. The molecule has 24 heavy (non-hydrogen) atoms. The molecule has 0 unspecified atom stereocenters. The Balaban J connectivity index is 1.64. The minimum atomic E-state index is -0.182. The molecular formula is C18H20N2O3S. The molecule has 1 amide bonds. The molecule has 2 heterocycles. The van der Waals surface area contributed by atoms with Gasteiger partial charge < -0.3 is 14.2 Å². The summed E-state index contributed by atoms with van der Waals surface area (Å²) in [5.74, 6) is 1.42. The van der Waals surface area contributed by atoms with E-state index >= 15 is 0 Å². The molecule has 5 nitrogen and oxygen atoms in total. The van der Waals surface area contributed by atoms with Crippen molar-refractivity contribution in [1.29, 1.82) is 0 Å². The van der Waals surface area contributed by atoms with Gasteiger partial charge >= 0.3 is 0 Å². The fraction of sp³-hybridized carbons (Fsp3) is 0.333. The molecule has 0 aliphatic heterocycles. The van der Waals surface area contributed by atoms with Gasteiger partial charge in [-0.3, -0.25) is 4.79 Å². The quantitative estimate of drug-likeness (QED) is 0.664. The predicted molar refractivity (Wildman–Crippen MR) is 94.2 cm³/mol. The summed E-state index contributed by atoms with van der Waals surface area (Å²) < 4.78 is 11.3. The van der Waals surface area contributed by atoms with E-state index < -0.39 is 0 Å². The third-order valence-electron chi connectivity index (χ3n) is 3.81. The predicted octanol–water partition coefficient (Wildman–Crippen LogP) is 4.55. The molecule has 0 spiro atoms. The lowest BCUT2D eigenvalue weighted by molar-refractivity contribution is 0.0910. The summed E-state index contributed by atoms with van der Waals surface area (Å²) in [6, 6.07) is 9.50. The summed E-state index contributed by atoms with van der Waals surface area (Å²) in [6.07, 6.45) is 0.881. The van der Waals surface area contributed by atoms with Gasteiger partial charge in [-0.15, -0.1) is 0 Å². The normalized spacial score (nSPS) is 12.5. The van der Waals surface area contributed by atoms with Gasteiger partial charge in [0.1, 0.15) is 11.3 Å². The van der Waals surface area contributed by atoms with Crippen molar-refractivity contribution >= 4 is 28.8 Å². The highest BCUT2D eigenvalue weighted by Gasteiger charge is 2.14. The Morgan fingerprint density at radius 1 is 1.29 bits per heavy atom. The second kappa shape index (κ2) is 7.13. The number of carbonyl (C=O) groups excluding carboxylic acids is 1. The summed E-state index contributed by atoms with van der Waals surface area (Å²) in [7, 11) is 0. The molecule has 0 aliphatic rings. The van der Waals surface area contributed by atoms with Crippen molar-refractivity contribution in [1.82, 2.24) is 10.3 Å². The highest BCUT2D eigenvalue weighted by Crippen LogP contribution is 2.28. The number of aryl methyl sites for hydroxylation is 1. The van der Waals surface area contributed by atoms with Crippen LogP contribution in [0, 0.1) is 6.92 Å². The van der Waals surface area contributed by atoms with E-state index in [4.69, 9.17) is 8.83 Å². The number of thioether (sulfide) groups is 1. The third-order valence-corrected chi connectivity index (χ3v) is 4.66. The van der Waals surface area contributed by atoms with Crippen LogP contribution in [0.5, 0.6) is 0 Å². The molecule has 0 fully saturated rings. The topological polar surface area (TPSA) is 68.3 Å². The van der Waals surface area contributed by atoms with Crippen LogP contribution < -0.4 is 5.32 Å². The molecule has 6 heteroatoms. The van der Waals surface area contributed by atoms with Gasteiger partial charge in [-0.2, -0.15) is 0 Å². The molecule has 1 aromatic carbocycles. The van der Waals surface area contributed by atoms with Crippen molar-refractivity contribution in [2.75, 3.05) is 0 Å². The van der Waals surface area contributed by atoms with Crippen LogP contribution in [0.1, 0.15) is 42.1 Å². The molecule has 0 aliphatic carbocycles. The molecule has 0 bridgehead atoms. The number of aromatic nitrogens is 1. The van der Waals surface area contributed by atoms with E-state index in [0.29, 0.717) is 22.5 Å². The van der Waals surface area contributed by atoms with Crippen LogP contribution in [-0.4, -0.2) is 16.9 Å². The van der Waals surface area contributed by atoms with Crippen LogP contribution in [0.3, 0.4) is 0 Å². The van der Waals surface area contributed by atoms with E-state index in [2.05, 4.69) is 10.3 Å². The van der Waals surface area contributed by atoms with Crippen molar-refractivity contribution in [3.8, 4) is 0 Å². The molecular weight excluding hydrogens is 324 g/mol. The van der Waals surface area contributed by atoms with Gasteiger partial charge in [0.05, 0.1) is 5.75 Å². The standard InChI is InChI=1S/C18H20N2O3S/c1-4-12(3)19-17(21)15-9-8-13(22-15)10-24-18-20-16-11(2)6-5-7-14(16)23-18/h5-9,12H,4,10H2,1-3H3,(H,19,21)/t12-/m0/s1. The van der Waals surface area contributed by atoms with Crippen LogP contribution in [0.25, 0.3) is 11.1 Å². The van der Waals surface area contributed by atoms with Gasteiger partial charge in [-0.05, 0) is 44.0 Å². The maximum atomic E-state index is 12.0. The van der Waals surface area contributed by atoms with Gasteiger partial charge in [-0.25, -0.2) is 4.98 Å². The first-order valence-corrected chi connectivity index (χ1v) is 8.94. The lowest BCUT2D eigenvalue weighted by Crippen LogP contribution is -2.31. The largest absolute Gasteiger partial charge is 0.455 e. The van der Waals surface area contributed by atoms with Crippen molar-refractivity contribution in [3.05, 3.63) is 47.4 Å². The van der Waals surface area contributed by atoms with E-state index in [1.165, 1.54) is 11.8 Å². The van der Waals surface area contributed by atoms with Crippen molar-refractivity contribution < 1.29 is 13.6 Å². The Kier molecular flexibility index (Phi) is 4.94. The Labute approximate surface area is 144 Å². The first-order valence-electron chi connectivity index (χ1n) is 7.95. The van der Waals surface area contributed by atoms with Crippen LogP contribution >= 0.6 is 11.8 Å². The van der Waals surface area contributed by atoms with Gasteiger partial charge in [-0.1, -0.05) is 30.8 Å². The molecule has 2 aromatic heterocycles. The molecule has 0 radical (unpaired) electrons. The Bertz CT molecular complexity index is 853. The third kappa shape index (κ3) is 3.64. The number of nitrogens with zero attached hydrogens (tertiary/aromatic N) is 1. The summed E-state index contributed by atoms with van der Waals surface area (Å²) in [6.45, 7) is 6.00. The summed E-state index contributed by atoms with van der Waals surface area (Å²) >= 11 is 1.45. The maximum absolute atomic E-state index is 12.0. The number of furan rings is 1. The second-order valence-corrected chi connectivity index (χ2v) is 6.67. The van der Waals surface area contributed by atoms with Crippen molar-refractivity contribution in [3.63, 3.8) is 0 Å². The number of oxazole rings is 1. The zero-order valence-corrected chi connectivity index (χ0v) is 14.8. The van der Waals surface area contributed by atoms with E-state index in [1.54, 1.807) is 6.07 Å². The van der Waals surface area contributed by atoms with Crippen molar-refractivity contribution in [2.24, 2.45) is 0 Å². The Morgan fingerprint density at radius 3 is 2.88 bits per heavy atom. The highest BCUT2D eigenvalue weighted by molar-refractivity contribution is 7.98. The average molecular weight is 344 g/mol. The zero-order chi connectivity index (χ0) is 17.1. The Morgan fingerprint density at radius 2 is 2.12 bits per heavy atom. The van der Waals surface area contributed by atoms with E-state index in [9.17, 15) is 4.79 Å². The number of nitrogens with one attached hydrogen (secondary N) is 1. The Hall–Kier alpha value is -2.21. The van der Waals surface area contributed by atoms with Crippen molar-refractivity contribution in [2.45, 2.75) is 44.2 Å². The zero-order valence-electron chi connectivity index (χ0n) is 14.0. The number of rotatable bonds is 6. The van der Waals surface area contributed by atoms with Crippen LogP contribution in [-0.2, 0) is 5.75 Å². The first-order chi connectivity index (χ1) is 11.6. The van der Waals surface area contributed by atoms with E-state index in [-0.39, 0.29) is 11.9 Å². The number of hydrogen-bond donors (Lipinski definition) is 1. The number of hydrogen-bond acceptors (Lipinski definition) is 5. The molecule has 1 N–H and O–H groups in total. The number of amides is 1. The SMILES string of the molecule is CC[C@H](C)NC(=O)c1ccc(CSc2nc3c(C)cccc3o2)o1. The lowest BCUT2D eigenvalue weighted by atomic mass is 10.2. The van der Waals surface area contributed by atoms with Gasteiger partial charge in [0.25, 0.3) is 11.1 Å². The van der Waals surface area contributed by atoms with Crippen LogP contribution in [0.2, 0.25) is 0 Å². The number of para-hydroxylation sites is 1. The summed E-state index contributed by atoms with van der Waals surface area (Å²) in [4.78, 5) is 16.5. The van der Waals surface area contributed by atoms with E-state index in [0.717, 1.165) is 23.1 Å². The molecule has 0 saturated carbocycles. The number of carbonyl (C=O) groups is 1. The molecule has 3 aromatic rings. The molecule has 1 atom stereocenters. The fourth-order valence-electron chi connectivity index (χ4n) is 2.23. The summed E-state index contributed by atoms with van der Waals surface area (Å²) in [5, 5.41) is 3.49. The smallest absolute Gasteiger partial charge is 0.287 e. The number of benzene rings is 1. The minimum absolute atomic E-state index is 0.128. The molecule has 3 rings (SSSR count). The van der Waals surface area contributed by atoms with E-state index in [1.807, 2.05) is 45.0 Å². The summed E-state index contributed by atoms with van der Waals surface area (Å²) in [5.41, 5.74) is 2.75. The monoisotopic (exact) mass is 344 g/mol. The first kappa shape index (κ1) is 16.6. The minimum Gasteiger partial charge on any atom is -0.455 e. The highest BCUT2D eigenvalue weighted by atomic mass is 32.2. The van der Waals surface area contributed by atoms with Gasteiger partial charge in [0.2, 0.25) is 0 Å². The molecule has 126 valence electrons.